The molecular weight excluding hydrogens is 409 g/mol. The molecule has 0 radical (unpaired) electrons. The van der Waals surface area contributed by atoms with Crippen LogP contribution in [0.2, 0.25) is 0 Å². The molecule has 4 amide bonds. The van der Waals surface area contributed by atoms with Gasteiger partial charge in [0.05, 0.1) is 21.9 Å². The van der Waals surface area contributed by atoms with Crippen molar-refractivity contribution in [3.63, 3.8) is 0 Å². The molecule has 2 aromatic rings. The first-order chi connectivity index (χ1) is 14.1. The number of carbonyl (C=O) groups excluding carboxylic acids is 3. The summed E-state index contributed by atoms with van der Waals surface area (Å²) in [6.07, 6.45) is -3.84. The summed E-state index contributed by atoms with van der Waals surface area (Å²) in [5.41, 5.74) is -1.68. The molecule has 1 N–H and O–H groups in total. The van der Waals surface area contributed by atoms with Crippen molar-refractivity contribution in [3.05, 3.63) is 64.2 Å². The Balaban J connectivity index is 1.92. The van der Waals surface area contributed by atoms with Gasteiger partial charge in [0.25, 0.3) is 11.6 Å². The zero-order valence-corrected chi connectivity index (χ0v) is 14.8. The molecule has 0 aromatic heterocycles. The number of nitrogens with one attached hydrogen (secondary N) is 1. The van der Waals surface area contributed by atoms with E-state index >= 15 is 0 Å². The smallest absolute Gasteiger partial charge is 0.276 e. The lowest BCUT2D eigenvalue weighted by molar-refractivity contribution is -0.384. The number of hydrogen-bond acceptors (Lipinski definition) is 6. The molecule has 0 bridgehead atoms. The number of hydrogen-bond donors (Lipinski definition) is 1. The van der Waals surface area contributed by atoms with Crippen LogP contribution in [0.15, 0.2) is 53.5 Å². The van der Waals surface area contributed by atoms with Crippen LogP contribution in [0.5, 0.6) is 0 Å². The summed E-state index contributed by atoms with van der Waals surface area (Å²) in [4.78, 5) is 51.2. The fourth-order valence-corrected chi connectivity index (χ4v) is 2.64. The Labute approximate surface area is 166 Å². The number of non-ortho nitro benzene ring substituents is 1. The fourth-order valence-electron chi connectivity index (χ4n) is 2.64. The first kappa shape index (κ1) is 20.6. The second-order valence-electron chi connectivity index (χ2n) is 6.05. The van der Waals surface area contributed by atoms with Gasteiger partial charge in [-0.2, -0.15) is 13.2 Å². The highest BCUT2D eigenvalue weighted by atomic mass is 19.4. The zero-order valence-electron chi connectivity index (χ0n) is 14.8. The molecule has 1 aliphatic rings. The van der Waals surface area contributed by atoms with Gasteiger partial charge in [-0.05, 0) is 24.3 Å². The summed E-state index contributed by atoms with van der Waals surface area (Å²) >= 11 is 0. The SMILES string of the molecule is O=C1NC(=O)N(c2cccc(C(F)(F)F)c2)C(=O)[C@H]1C=Nc1cccc([N+](=O)[O-])c1. The number of nitrogens with zero attached hydrogens (tertiary/aromatic N) is 3. The van der Waals surface area contributed by atoms with Gasteiger partial charge in [0, 0.05) is 18.3 Å². The lowest BCUT2D eigenvalue weighted by atomic mass is 10.1. The van der Waals surface area contributed by atoms with Crippen LogP contribution in [-0.4, -0.2) is 29.0 Å². The second-order valence-corrected chi connectivity index (χ2v) is 6.05. The summed E-state index contributed by atoms with van der Waals surface area (Å²) in [7, 11) is 0. The zero-order chi connectivity index (χ0) is 22.1. The quantitative estimate of drug-likeness (QED) is 0.352. The molecule has 1 heterocycles. The van der Waals surface area contributed by atoms with Crippen LogP contribution in [0.4, 0.5) is 35.0 Å². The summed E-state index contributed by atoms with van der Waals surface area (Å²) in [5, 5.41) is 12.7. The van der Waals surface area contributed by atoms with Crippen molar-refractivity contribution in [2.75, 3.05) is 4.90 Å². The number of nitro benzene ring substituents is 1. The molecule has 1 fully saturated rings. The first-order valence-corrected chi connectivity index (χ1v) is 8.22. The number of carbonyl (C=O) groups is 3. The molecule has 0 aliphatic carbocycles. The molecular formula is C18H11F3N4O5. The first-order valence-electron chi connectivity index (χ1n) is 8.22. The Bertz CT molecular complexity index is 1080. The minimum atomic E-state index is -4.70. The number of amides is 4. The summed E-state index contributed by atoms with van der Waals surface area (Å²) in [5.74, 6) is -3.77. The number of anilines is 1. The van der Waals surface area contributed by atoms with Crippen molar-refractivity contribution in [2.45, 2.75) is 6.18 Å². The van der Waals surface area contributed by atoms with E-state index in [9.17, 15) is 37.7 Å². The molecule has 9 nitrogen and oxygen atoms in total. The van der Waals surface area contributed by atoms with Crippen molar-refractivity contribution < 1.29 is 32.5 Å². The van der Waals surface area contributed by atoms with Crippen LogP contribution in [0.1, 0.15) is 5.56 Å². The van der Waals surface area contributed by atoms with Gasteiger partial charge in [0.1, 0.15) is 0 Å². The molecule has 1 atom stereocenters. The molecule has 0 spiro atoms. The highest BCUT2D eigenvalue weighted by molar-refractivity contribution is 6.32. The van der Waals surface area contributed by atoms with Crippen molar-refractivity contribution >= 4 is 41.1 Å². The largest absolute Gasteiger partial charge is 0.416 e. The Hall–Kier alpha value is -4.09. The highest BCUT2D eigenvalue weighted by Gasteiger charge is 2.41. The third kappa shape index (κ3) is 4.16. The number of aliphatic imine (C=N–C) groups is 1. The third-order valence-corrected chi connectivity index (χ3v) is 4.05. The Kier molecular flexibility index (Phi) is 5.32. The number of imide groups is 2. The molecule has 30 heavy (non-hydrogen) atoms. The average Bonchev–Trinajstić information content (AvgIpc) is 2.67. The molecule has 0 saturated carbocycles. The fraction of sp³-hybridized carbons (Fsp3) is 0.111. The Morgan fingerprint density at radius 2 is 1.80 bits per heavy atom. The van der Waals surface area contributed by atoms with Crippen LogP contribution in [-0.2, 0) is 15.8 Å². The number of urea groups is 1. The van der Waals surface area contributed by atoms with Gasteiger partial charge in [-0.15, -0.1) is 0 Å². The van der Waals surface area contributed by atoms with Crippen LogP contribution >= 0.6 is 0 Å². The van der Waals surface area contributed by atoms with Crippen LogP contribution < -0.4 is 10.2 Å². The van der Waals surface area contributed by atoms with E-state index in [0.717, 1.165) is 30.5 Å². The maximum atomic E-state index is 12.9. The van der Waals surface area contributed by atoms with Gasteiger partial charge < -0.3 is 0 Å². The minimum absolute atomic E-state index is 0.0623. The van der Waals surface area contributed by atoms with Crippen molar-refractivity contribution in [2.24, 2.45) is 10.9 Å². The Morgan fingerprint density at radius 1 is 1.10 bits per heavy atom. The second kappa shape index (κ2) is 7.73. The summed E-state index contributed by atoms with van der Waals surface area (Å²) in [6, 6.07) is 7.31. The van der Waals surface area contributed by atoms with E-state index in [0.29, 0.717) is 11.0 Å². The van der Waals surface area contributed by atoms with Gasteiger partial charge in [-0.1, -0.05) is 12.1 Å². The number of benzene rings is 2. The molecule has 1 saturated heterocycles. The van der Waals surface area contributed by atoms with E-state index in [1.54, 1.807) is 0 Å². The lowest BCUT2D eigenvalue weighted by Gasteiger charge is -2.28. The van der Waals surface area contributed by atoms with E-state index in [1.807, 2.05) is 5.32 Å². The van der Waals surface area contributed by atoms with E-state index in [2.05, 4.69) is 4.99 Å². The summed E-state index contributed by atoms with van der Waals surface area (Å²) < 4.78 is 38.8. The molecule has 1 aliphatic heterocycles. The average molecular weight is 420 g/mol. The molecule has 0 unspecified atom stereocenters. The minimum Gasteiger partial charge on any atom is -0.276 e. The molecule has 154 valence electrons. The van der Waals surface area contributed by atoms with E-state index in [-0.39, 0.29) is 17.1 Å². The number of rotatable bonds is 4. The summed E-state index contributed by atoms with van der Waals surface area (Å²) in [6.45, 7) is 0. The number of nitro groups is 1. The molecule has 12 heteroatoms. The maximum Gasteiger partial charge on any atom is 0.416 e. The van der Waals surface area contributed by atoms with Crippen LogP contribution in [0.25, 0.3) is 0 Å². The van der Waals surface area contributed by atoms with Crippen LogP contribution in [0.3, 0.4) is 0 Å². The number of halogens is 3. The van der Waals surface area contributed by atoms with Gasteiger partial charge >= 0.3 is 12.2 Å². The third-order valence-electron chi connectivity index (χ3n) is 4.05. The van der Waals surface area contributed by atoms with E-state index in [1.165, 1.54) is 18.2 Å². The number of barbiturate groups is 1. The highest BCUT2D eigenvalue weighted by Crippen LogP contribution is 2.32. The lowest BCUT2D eigenvalue weighted by Crippen LogP contribution is -2.58. The molecule has 2 aromatic carbocycles. The van der Waals surface area contributed by atoms with Crippen LogP contribution in [0, 0.1) is 16.0 Å². The molecule has 3 rings (SSSR count). The Morgan fingerprint density at radius 3 is 2.47 bits per heavy atom. The van der Waals surface area contributed by atoms with Gasteiger partial charge in [0.2, 0.25) is 5.91 Å². The normalized spacial score (nSPS) is 17.4. The standard InChI is InChI=1S/C18H11F3N4O5/c19-18(20,21)10-3-1-5-12(7-10)24-16(27)14(15(26)23-17(24)28)9-22-11-4-2-6-13(8-11)25(29)30/h1-9,14H,(H,23,26,28)/t14-/m0/s1. The topological polar surface area (TPSA) is 122 Å². The van der Waals surface area contributed by atoms with Gasteiger partial charge in [0.15, 0.2) is 5.92 Å². The van der Waals surface area contributed by atoms with Gasteiger partial charge in [-0.3, -0.25) is 30.0 Å². The van der Waals surface area contributed by atoms with E-state index < -0.39 is 40.4 Å². The van der Waals surface area contributed by atoms with Gasteiger partial charge in [-0.25, -0.2) is 9.69 Å². The monoisotopic (exact) mass is 420 g/mol. The number of alkyl halides is 3. The van der Waals surface area contributed by atoms with Crippen molar-refractivity contribution in [1.29, 1.82) is 0 Å². The predicted octanol–water partition coefficient (Wildman–Crippen LogP) is 3.22. The van der Waals surface area contributed by atoms with E-state index in [4.69, 9.17) is 0 Å². The van der Waals surface area contributed by atoms with Crippen molar-refractivity contribution in [1.82, 2.24) is 5.32 Å². The van der Waals surface area contributed by atoms with Crippen molar-refractivity contribution in [3.8, 4) is 0 Å². The predicted molar refractivity (Wildman–Crippen MR) is 97.2 cm³/mol. The maximum absolute atomic E-state index is 12.9.